The third-order valence-corrected chi connectivity index (χ3v) is 8.15. The van der Waals surface area contributed by atoms with E-state index in [9.17, 15) is 0 Å². The van der Waals surface area contributed by atoms with Crippen LogP contribution in [-0.2, 0) is 6.17 Å². The first kappa shape index (κ1) is 25.2. The fourth-order valence-electron chi connectivity index (χ4n) is 4.53. The van der Waals surface area contributed by atoms with Gasteiger partial charge in [0.05, 0.1) is 6.33 Å². The summed E-state index contributed by atoms with van der Waals surface area (Å²) in [6, 6.07) is 44.0. The molecule has 1 heterocycles. The van der Waals surface area contributed by atoms with Crippen molar-refractivity contribution in [3.05, 3.63) is 168 Å². The standard InChI is InChI=1S/C18H20N2Si.C14H13B/c1-3-7-16(8-4-1)18(17-9-5-2-6-10-17)13-21-15-20-12-11-19-14-20;15-11-14(12-7-3-1-4-8-12)13-9-5-2-6-10-13/h1-12,14,18H,13,15,21H2;1-11H,15H2. The fraction of sp³-hybridized carbons (Fsp3) is 0.0938. The topological polar surface area (TPSA) is 17.8 Å². The molecule has 0 spiro atoms. The Kier molecular flexibility index (Phi) is 9.71. The van der Waals surface area contributed by atoms with Crippen LogP contribution in [0.15, 0.2) is 146 Å². The molecule has 0 unspecified atom stereocenters. The monoisotopic (exact) mass is 484 g/mol. The van der Waals surface area contributed by atoms with E-state index in [2.05, 4.69) is 139 Å². The summed E-state index contributed by atoms with van der Waals surface area (Å²) < 4.78 is 2.21. The van der Waals surface area contributed by atoms with E-state index in [1.807, 2.05) is 24.7 Å². The molecule has 1 aromatic heterocycles. The Hall–Kier alpha value is -3.89. The smallest absolute Gasteiger partial charge is 0.130 e. The van der Waals surface area contributed by atoms with Crippen molar-refractivity contribution in [3.63, 3.8) is 0 Å². The molecule has 0 atom stereocenters. The van der Waals surface area contributed by atoms with Crippen molar-refractivity contribution in [1.82, 2.24) is 9.55 Å². The van der Waals surface area contributed by atoms with Crippen LogP contribution in [0.5, 0.6) is 0 Å². The first-order chi connectivity index (χ1) is 17.8. The summed E-state index contributed by atoms with van der Waals surface area (Å²) in [5, 5.41) is 0. The Morgan fingerprint density at radius 1 is 0.722 bits per heavy atom. The van der Waals surface area contributed by atoms with Gasteiger partial charge in [-0.25, -0.2) is 4.98 Å². The molecule has 0 saturated heterocycles. The van der Waals surface area contributed by atoms with E-state index in [0.717, 1.165) is 6.17 Å². The van der Waals surface area contributed by atoms with Crippen LogP contribution >= 0.6 is 0 Å². The van der Waals surface area contributed by atoms with Crippen molar-refractivity contribution in [2.45, 2.75) is 18.1 Å². The Labute approximate surface area is 218 Å². The van der Waals surface area contributed by atoms with Gasteiger partial charge in [0, 0.05) is 34.0 Å². The molecule has 0 radical (unpaired) electrons. The van der Waals surface area contributed by atoms with E-state index in [0.29, 0.717) is 5.92 Å². The first-order valence-corrected chi connectivity index (χ1v) is 14.7. The van der Waals surface area contributed by atoms with Gasteiger partial charge in [-0.15, -0.1) is 5.98 Å². The predicted octanol–water partition coefficient (Wildman–Crippen LogP) is 5.97. The van der Waals surface area contributed by atoms with Crippen LogP contribution in [0.1, 0.15) is 28.2 Å². The van der Waals surface area contributed by atoms with Crippen LogP contribution in [-0.4, -0.2) is 26.9 Å². The molecular weight excluding hydrogens is 451 g/mol. The average molecular weight is 485 g/mol. The summed E-state index contributed by atoms with van der Waals surface area (Å²) in [6.45, 7) is 0. The van der Waals surface area contributed by atoms with Gasteiger partial charge in [0.15, 0.2) is 0 Å². The maximum absolute atomic E-state index is 4.12. The van der Waals surface area contributed by atoms with Crippen LogP contribution < -0.4 is 0 Å². The van der Waals surface area contributed by atoms with E-state index in [1.165, 1.54) is 33.9 Å². The number of imidazole rings is 1. The number of benzene rings is 4. The SMILES string of the molecule is BC=C(c1ccccc1)c1ccccc1.c1ccc(C(C[SiH2]Cn2ccnc2)c2ccccc2)cc1. The molecule has 0 N–H and O–H groups in total. The molecule has 0 aliphatic heterocycles. The molecule has 36 heavy (non-hydrogen) atoms. The van der Waals surface area contributed by atoms with Gasteiger partial charge in [0.25, 0.3) is 0 Å². The summed E-state index contributed by atoms with van der Waals surface area (Å²) in [4.78, 5) is 4.12. The van der Waals surface area contributed by atoms with Crippen LogP contribution in [0.25, 0.3) is 5.57 Å². The van der Waals surface area contributed by atoms with Crippen LogP contribution in [0, 0.1) is 0 Å². The fourth-order valence-corrected chi connectivity index (χ4v) is 6.42. The maximum atomic E-state index is 4.12. The molecular formula is C32H33BN2Si. The van der Waals surface area contributed by atoms with Gasteiger partial charge in [-0.3, -0.25) is 0 Å². The highest BCUT2D eigenvalue weighted by atomic mass is 28.2. The second kappa shape index (κ2) is 13.9. The highest BCUT2D eigenvalue weighted by molar-refractivity contribution is 6.34. The van der Waals surface area contributed by atoms with E-state index in [-0.39, 0.29) is 9.52 Å². The molecule has 0 amide bonds. The summed E-state index contributed by atoms with van der Waals surface area (Å²) in [5.41, 5.74) is 6.69. The van der Waals surface area contributed by atoms with Crippen LogP contribution in [0.3, 0.4) is 0 Å². The molecule has 5 aromatic rings. The molecule has 0 saturated carbocycles. The molecule has 5 rings (SSSR count). The van der Waals surface area contributed by atoms with Crippen molar-refractivity contribution >= 4 is 22.9 Å². The number of hydrogen-bond acceptors (Lipinski definition) is 1. The summed E-state index contributed by atoms with van der Waals surface area (Å²) in [6.07, 6.45) is 7.01. The van der Waals surface area contributed by atoms with Gasteiger partial charge in [-0.1, -0.05) is 127 Å². The molecule has 2 nitrogen and oxygen atoms in total. The summed E-state index contributed by atoms with van der Waals surface area (Å²) in [5.74, 6) is 2.69. The molecule has 4 aromatic carbocycles. The van der Waals surface area contributed by atoms with E-state index < -0.39 is 0 Å². The van der Waals surface area contributed by atoms with Gasteiger partial charge >= 0.3 is 0 Å². The Balaban J connectivity index is 0.000000179. The second-order valence-corrected chi connectivity index (χ2v) is 10.5. The quantitative estimate of drug-likeness (QED) is 0.248. The maximum Gasteiger partial charge on any atom is 0.130 e. The zero-order chi connectivity index (χ0) is 24.8. The molecule has 0 fully saturated rings. The highest BCUT2D eigenvalue weighted by Crippen LogP contribution is 2.28. The minimum absolute atomic E-state index is 0.170. The molecule has 178 valence electrons. The lowest BCUT2D eigenvalue weighted by atomic mass is 9.92. The van der Waals surface area contributed by atoms with Crippen molar-refractivity contribution in [3.8, 4) is 0 Å². The largest absolute Gasteiger partial charge is 0.341 e. The lowest BCUT2D eigenvalue weighted by molar-refractivity contribution is 0.844. The van der Waals surface area contributed by atoms with Crippen molar-refractivity contribution in [2.75, 3.05) is 0 Å². The van der Waals surface area contributed by atoms with Gasteiger partial charge in [0.1, 0.15) is 7.85 Å². The Bertz CT molecular complexity index is 1210. The zero-order valence-electron chi connectivity index (χ0n) is 20.9. The van der Waals surface area contributed by atoms with Crippen molar-refractivity contribution in [2.24, 2.45) is 0 Å². The number of rotatable bonds is 8. The molecule has 0 aliphatic rings. The second-order valence-electron chi connectivity index (χ2n) is 8.75. The van der Waals surface area contributed by atoms with Gasteiger partial charge < -0.3 is 4.57 Å². The molecule has 4 heteroatoms. The van der Waals surface area contributed by atoms with Crippen molar-refractivity contribution < 1.29 is 0 Å². The van der Waals surface area contributed by atoms with Crippen LogP contribution in [0.4, 0.5) is 0 Å². The van der Waals surface area contributed by atoms with Gasteiger partial charge in [-0.05, 0) is 27.8 Å². The summed E-state index contributed by atoms with van der Waals surface area (Å²) in [7, 11) is 1.91. The van der Waals surface area contributed by atoms with E-state index >= 15 is 0 Å². The lowest BCUT2D eigenvalue weighted by Gasteiger charge is -2.18. The third-order valence-electron chi connectivity index (χ3n) is 6.33. The van der Waals surface area contributed by atoms with Gasteiger partial charge in [-0.2, -0.15) is 0 Å². The van der Waals surface area contributed by atoms with E-state index in [1.54, 1.807) is 0 Å². The predicted molar refractivity (Wildman–Crippen MR) is 159 cm³/mol. The normalized spacial score (nSPS) is 10.7. The zero-order valence-corrected chi connectivity index (χ0v) is 22.4. The van der Waals surface area contributed by atoms with E-state index in [4.69, 9.17) is 0 Å². The lowest BCUT2D eigenvalue weighted by Crippen LogP contribution is -2.09. The molecule has 0 aliphatic carbocycles. The van der Waals surface area contributed by atoms with Crippen LogP contribution in [0.2, 0.25) is 6.04 Å². The first-order valence-electron chi connectivity index (χ1n) is 12.7. The average Bonchev–Trinajstić information content (AvgIpc) is 3.48. The minimum atomic E-state index is -0.170. The Morgan fingerprint density at radius 2 is 1.19 bits per heavy atom. The number of hydrogen-bond donors (Lipinski definition) is 0. The number of nitrogens with zero attached hydrogens (tertiary/aromatic N) is 2. The van der Waals surface area contributed by atoms with Crippen molar-refractivity contribution in [1.29, 1.82) is 0 Å². The highest BCUT2D eigenvalue weighted by Gasteiger charge is 2.13. The minimum Gasteiger partial charge on any atom is -0.341 e. The number of aromatic nitrogens is 2. The Morgan fingerprint density at radius 3 is 1.61 bits per heavy atom. The summed E-state index contributed by atoms with van der Waals surface area (Å²) >= 11 is 0. The third kappa shape index (κ3) is 7.30. The molecule has 0 bridgehead atoms. The van der Waals surface area contributed by atoms with Gasteiger partial charge in [0.2, 0.25) is 0 Å².